The molecule has 1 N–H and O–H groups in total. The molecule has 0 aliphatic carbocycles. The van der Waals surface area contributed by atoms with E-state index in [-0.39, 0.29) is 17.9 Å². The zero-order valence-electron chi connectivity index (χ0n) is 13.5. The van der Waals surface area contributed by atoms with Gasteiger partial charge in [-0.25, -0.2) is 0 Å². The van der Waals surface area contributed by atoms with Crippen molar-refractivity contribution >= 4 is 5.91 Å². The lowest BCUT2D eigenvalue weighted by Crippen LogP contribution is -2.47. The fraction of sp³-hybridized carbons (Fsp3) is 0.588. The van der Waals surface area contributed by atoms with Gasteiger partial charge in [-0.2, -0.15) is 0 Å². The summed E-state index contributed by atoms with van der Waals surface area (Å²) < 4.78 is 5.66. The maximum absolute atomic E-state index is 12.6. The number of aliphatic hydroxyl groups excluding tert-OH is 1. The standard InChI is InChI=1S/C17H26N2O3/c1-4-8-17(13-20)9-5-10-19(12-17)16(21)15-7-6-14(22-15)11-18(2)3/h4,6-7,20H,1,5,8-13H2,2-3H3/t17-/m1/s1. The van der Waals surface area contributed by atoms with Crippen LogP contribution < -0.4 is 0 Å². The number of rotatable bonds is 6. The van der Waals surface area contributed by atoms with Gasteiger partial charge in [0, 0.05) is 18.5 Å². The molecule has 1 atom stereocenters. The molecule has 2 rings (SSSR count). The predicted octanol–water partition coefficient (Wildman–Crippen LogP) is 2.13. The highest BCUT2D eigenvalue weighted by Crippen LogP contribution is 2.34. The minimum Gasteiger partial charge on any atom is -0.455 e. The van der Waals surface area contributed by atoms with E-state index in [4.69, 9.17) is 4.42 Å². The second-order valence-electron chi connectivity index (χ2n) is 6.48. The predicted molar refractivity (Wildman–Crippen MR) is 85.6 cm³/mol. The van der Waals surface area contributed by atoms with E-state index in [2.05, 4.69) is 6.58 Å². The molecule has 0 bridgehead atoms. The first-order chi connectivity index (χ1) is 10.5. The summed E-state index contributed by atoms with van der Waals surface area (Å²) in [6.45, 7) is 5.78. The number of nitrogens with zero attached hydrogens (tertiary/aromatic N) is 2. The van der Waals surface area contributed by atoms with E-state index in [1.165, 1.54) is 0 Å². The molecular weight excluding hydrogens is 280 g/mol. The van der Waals surface area contributed by atoms with Crippen LogP contribution in [0, 0.1) is 5.41 Å². The van der Waals surface area contributed by atoms with E-state index in [9.17, 15) is 9.90 Å². The summed E-state index contributed by atoms with van der Waals surface area (Å²) >= 11 is 0. The van der Waals surface area contributed by atoms with E-state index in [1.54, 1.807) is 11.0 Å². The number of allylic oxidation sites excluding steroid dienone is 1. The zero-order chi connectivity index (χ0) is 16.2. The molecule has 122 valence electrons. The number of carbonyl (C=O) groups excluding carboxylic acids is 1. The molecule has 0 radical (unpaired) electrons. The van der Waals surface area contributed by atoms with E-state index >= 15 is 0 Å². The average Bonchev–Trinajstić information content (AvgIpc) is 2.94. The van der Waals surface area contributed by atoms with Gasteiger partial charge in [0.2, 0.25) is 0 Å². The van der Waals surface area contributed by atoms with Crippen LogP contribution in [0.1, 0.15) is 35.6 Å². The van der Waals surface area contributed by atoms with E-state index < -0.39 is 0 Å². The molecule has 1 aromatic heterocycles. The van der Waals surface area contributed by atoms with E-state index in [0.29, 0.717) is 25.4 Å². The topological polar surface area (TPSA) is 56.9 Å². The maximum atomic E-state index is 12.6. The summed E-state index contributed by atoms with van der Waals surface area (Å²) in [6.07, 6.45) is 4.36. The van der Waals surface area contributed by atoms with E-state index in [1.807, 2.05) is 31.1 Å². The molecule has 1 saturated heterocycles. The van der Waals surface area contributed by atoms with Crippen LogP contribution in [0.2, 0.25) is 0 Å². The quantitative estimate of drug-likeness (QED) is 0.818. The Morgan fingerprint density at radius 2 is 2.32 bits per heavy atom. The molecule has 1 amide bonds. The van der Waals surface area contributed by atoms with Gasteiger partial charge in [0.05, 0.1) is 13.2 Å². The van der Waals surface area contributed by atoms with Crippen molar-refractivity contribution in [3.8, 4) is 0 Å². The van der Waals surface area contributed by atoms with Crippen LogP contribution in [0.15, 0.2) is 29.2 Å². The minimum absolute atomic E-state index is 0.0762. The Hall–Kier alpha value is -1.59. The molecule has 1 aliphatic rings. The Morgan fingerprint density at radius 3 is 2.95 bits per heavy atom. The Morgan fingerprint density at radius 1 is 1.55 bits per heavy atom. The van der Waals surface area contributed by atoms with Gasteiger partial charge in [-0.15, -0.1) is 6.58 Å². The lowest BCUT2D eigenvalue weighted by molar-refractivity contribution is 0.0264. The molecule has 0 saturated carbocycles. The van der Waals surface area contributed by atoms with Crippen molar-refractivity contribution < 1.29 is 14.3 Å². The van der Waals surface area contributed by atoms with Crippen LogP contribution in [0.5, 0.6) is 0 Å². The fourth-order valence-corrected chi connectivity index (χ4v) is 3.09. The number of hydrogen-bond donors (Lipinski definition) is 1. The van der Waals surface area contributed by atoms with Crippen LogP contribution in [0.3, 0.4) is 0 Å². The van der Waals surface area contributed by atoms with Gasteiger partial charge in [-0.1, -0.05) is 6.08 Å². The van der Waals surface area contributed by atoms with Gasteiger partial charge >= 0.3 is 0 Å². The average molecular weight is 306 g/mol. The number of piperidine rings is 1. The van der Waals surface area contributed by atoms with Gasteiger partial charge in [0.25, 0.3) is 5.91 Å². The molecule has 1 fully saturated rings. The highest BCUT2D eigenvalue weighted by molar-refractivity contribution is 5.91. The largest absolute Gasteiger partial charge is 0.455 e. The first-order valence-electron chi connectivity index (χ1n) is 7.74. The molecular formula is C17H26N2O3. The normalized spacial score (nSPS) is 22.1. The molecule has 2 heterocycles. The number of furan rings is 1. The number of carbonyl (C=O) groups is 1. The molecule has 5 heteroatoms. The molecule has 1 aromatic rings. The maximum Gasteiger partial charge on any atom is 0.289 e. The number of amides is 1. The first-order valence-corrected chi connectivity index (χ1v) is 7.74. The fourth-order valence-electron chi connectivity index (χ4n) is 3.09. The monoisotopic (exact) mass is 306 g/mol. The van der Waals surface area contributed by atoms with Crippen molar-refractivity contribution in [1.82, 2.24) is 9.80 Å². The third-order valence-corrected chi connectivity index (χ3v) is 4.21. The second kappa shape index (κ2) is 7.11. The molecule has 5 nitrogen and oxygen atoms in total. The minimum atomic E-state index is -0.255. The molecule has 1 aliphatic heterocycles. The van der Waals surface area contributed by atoms with Crippen molar-refractivity contribution in [2.24, 2.45) is 5.41 Å². The molecule has 0 aromatic carbocycles. The Balaban J connectivity index is 2.08. The van der Waals surface area contributed by atoms with Crippen molar-refractivity contribution in [2.75, 3.05) is 33.8 Å². The van der Waals surface area contributed by atoms with Crippen LogP contribution in [0.4, 0.5) is 0 Å². The Bertz CT molecular complexity index is 524. The van der Waals surface area contributed by atoms with Gasteiger partial charge in [-0.05, 0) is 45.5 Å². The third kappa shape index (κ3) is 3.78. The van der Waals surface area contributed by atoms with Crippen molar-refractivity contribution in [2.45, 2.75) is 25.8 Å². The smallest absolute Gasteiger partial charge is 0.289 e. The number of aliphatic hydroxyl groups is 1. The summed E-state index contributed by atoms with van der Waals surface area (Å²) in [7, 11) is 3.92. The van der Waals surface area contributed by atoms with Crippen LogP contribution in [-0.2, 0) is 6.54 Å². The van der Waals surface area contributed by atoms with Gasteiger partial charge in [-0.3, -0.25) is 4.79 Å². The van der Waals surface area contributed by atoms with Gasteiger partial charge < -0.3 is 19.3 Å². The second-order valence-corrected chi connectivity index (χ2v) is 6.48. The summed E-state index contributed by atoms with van der Waals surface area (Å²) in [5, 5.41) is 9.73. The van der Waals surface area contributed by atoms with Crippen LogP contribution >= 0.6 is 0 Å². The summed E-state index contributed by atoms with van der Waals surface area (Å²) in [5.41, 5.74) is -0.255. The first kappa shape index (κ1) is 16.8. The number of hydrogen-bond acceptors (Lipinski definition) is 4. The molecule has 22 heavy (non-hydrogen) atoms. The lowest BCUT2D eigenvalue weighted by Gasteiger charge is -2.41. The Kier molecular flexibility index (Phi) is 5.42. The van der Waals surface area contributed by atoms with Crippen molar-refractivity contribution in [3.63, 3.8) is 0 Å². The highest BCUT2D eigenvalue weighted by Gasteiger charge is 2.36. The van der Waals surface area contributed by atoms with Crippen molar-refractivity contribution in [3.05, 3.63) is 36.3 Å². The summed E-state index contributed by atoms with van der Waals surface area (Å²) in [6, 6.07) is 3.59. The lowest BCUT2D eigenvalue weighted by atomic mass is 9.78. The molecule has 0 unspecified atom stereocenters. The highest BCUT2D eigenvalue weighted by atomic mass is 16.4. The van der Waals surface area contributed by atoms with Gasteiger partial charge in [0.1, 0.15) is 5.76 Å². The Labute approximate surface area is 132 Å². The van der Waals surface area contributed by atoms with Gasteiger partial charge in [0.15, 0.2) is 5.76 Å². The molecule has 0 spiro atoms. The van der Waals surface area contributed by atoms with Crippen LogP contribution in [0.25, 0.3) is 0 Å². The summed E-state index contributed by atoms with van der Waals surface area (Å²) in [4.78, 5) is 16.4. The zero-order valence-corrected chi connectivity index (χ0v) is 13.5. The van der Waals surface area contributed by atoms with E-state index in [0.717, 1.165) is 25.0 Å². The SMILES string of the molecule is C=CC[C@@]1(CO)CCCN(C(=O)c2ccc(CN(C)C)o2)C1. The third-order valence-electron chi connectivity index (χ3n) is 4.21. The number of likely N-dealkylation sites (tertiary alicyclic amines) is 1. The van der Waals surface area contributed by atoms with Crippen molar-refractivity contribution in [1.29, 1.82) is 0 Å². The van der Waals surface area contributed by atoms with Crippen LogP contribution in [-0.4, -0.2) is 54.6 Å². The summed E-state index contributed by atoms with van der Waals surface area (Å²) in [5.74, 6) is 1.07.